The summed E-state index contributed by atoms with van der Waals surface area (Å²) in [5.41, 5.74) is 1.44. The lowest BCUT2D eigenvalue weighted by Gasteiger charge is -2.21. The third-order valence-electron chi connectivity index (χ3n) is 2.96. The van der Waals surface area contributed by atoms with Crippen LogP contribution in [0, 0.1) is 0 Å². The van der Waals surface area contributed by atoms with Crippen molar-refractivity contribution in [1.82, 2.24) is 4.90 Å². The minimum Gasteiger partial charge on any atom is -0.268 e. The number of hydrogen-bond donors (Lipinski definition) is 0. The Labute approximate surface area is 127 Å². The summed E-state index contributed by atoms with van der Waals surface area (Å²) >= 11 is 1.42. The number of fused-ring (bicyclic) bond motifs is 1. The van der Waals surface area contributed by atoms with Crippen molar-refractivity contribution < 1.29 is 4.79 Å². The zero-order valence-corrected chi connectivity index (χ0v) is 12.1. The smallest absolute Gasteiger partial charge is 0.267 e. The number of carbonyl (C=O) groups excluding carboxylic acids is 1. The van der Waals surface area contributed by atoms with Crippen molar-refractivity contribution in [2.75, 3.05) is 6.54 Å². The molecular weight excluding hydrogens is 282 g/mol. The maximum absolute atomic E-state index is 12.6. The Bertz CT molecular complexity index is 701. The van der Waals surface area contributed by atoms with Crippen molar-refractivity contribution in [3.05, 3.63) is 65.7 Å². The van der Waals surface area contributed by atoms with E-state index in [0.29, 0.717) is 23.1 Å². The lowest BCUT2D eigenvalue weighted by Crippen LogP contribution is -2.36. The maximum Gasteiger partial charge on any atom is 0.267 e. The summed E-state index contributed by atoms with van der Waals surface area (Å²) < 4.78 is 0. The summed E-state index contributed by atoms with van der Waals surface area (Å²) in [7, 11) is 0. The van der Waals surface area contributed by atoms with Crippen LogP contribution in [0.5, 0.6) is 0 Å². The molecule has 2 aliphatic rings. The lowest BCUT2D eigenvalue weighted by molar-refractivity contribution is -0.121. The predicted molar refractivity (Wildman–Crippen MR) is 87.9 cm³/mol. The fourth-order valence-corrected chi connectivity index (χ4v) is 2.70. The molecule has 0 saturated carbocycles. The van der Waals surface area contributed by atoms with Gasteiger partial charge in [-0.25, -0.2) is 4.99 Å². The van der Waals surface area contributed by atoms with E-state index >= 15 is 0 Å². The van der Waals surface area contributed by atoms with Crippen LogP contribution in [0.1, 0.15) is 5.56 Å². The zero-order valence-electron chi connectivity index (χ0n) is 11.3. The summed E-state index contributed by atoms with van der Waals surface area (Å²) in [6.45, 7) is 4.09. The van der Waals surface area contributed by atoms with E-state index in [0.717, 1.165) is 5.56 Å². The third-order valence-corrected chi connectivity index (χ3v) is 3.72. The van der Waals surface area contributed by atoms with Gasteiger partial charge in [0.05, 0.1) is 12.1 Å². The molecule has 2 aliphatic heterocycles. The van der Waals surface area contributed by atoms with Crippen LogP contribution in [0.25, 0.3) is 6.08 Å². The van der Waals surface area contributed by atoms with Crippen LogP contribution in [0.3, 0.4) is 0 Å². The number of carbonyl (C=O) groups is 1. The second kappa shape index (κ2) is 5.93. The highest BCUT2D eigenvalue weighted by molar-refractivity contribution is 8.16. The van der Waals surface area contributed by atoms with Gasteiger partial charge in [-0.1, -0.05) is 48.2 Å². The van der Waals surface area contributed by atoms with Gasteiger partial charge in [0.25, 0.3) is 5.91 Å². The molecule has 0 saturated heterocycles. The highest BCUT2D eigenvalue weighted by atomic mass is 32.2. The van der Waals surface area contributed by atoms with E-state index in [1.165, 1.54) is 11.8 Å². The van der Waals surface area contributed by atoms with Crippen molar-refractivity contribution in [2.45, 2.75) is 0 Å². The number of amidine groups is 2. The van der Waals surface area contributed by atoms with E-state index in [9.17, 15) is 4.79 Å². The maximum atomic E-state index is 12.6. The quantitative estimate of drug-likeness (QED) is 0.635. The first-order valence-corrected chi connectivity index (χ1v) is 7.35. The molecule has 0 atom stereocenters. The first kappa shape index (κ1) is 13.6. The molecule has 0 aromatic heterocycles. The topological polar surface area (TPSA) is 45.0 Å². The van der Waals surface area contributed by atoms with E-state index in [1.807, 2.05) is 41.8 Å². The van der Waals surface area contributed by atoms with E-state index in [4.69, 9.17) is 0 Å². The van der Waals surface area contributed by atoms with Crippen LogP contribution >= 0.6 is 11.8 Å². The van der Waals surface area contributed by atoms with Gasteiger partial charge in [-0.2, -0.15) is 0 Å². The van der Waals surface area contributed by atoms with Crippen LogP contribution < -0.4 is 0 Å². The second-order valence-electron chi connectivity index (χ2n) is 4.39. The molecule has 1 aromatic rings. The van der Waals surface area contributed by atoms with Gasteiger partial charge < -0.3 is 0 Å². The largest absolute Gasteiger partial charge is 0.268 e. The fraction of sp³-hybridized carbons (Fsp3) is 0.0625. The SMILES string of the molecule is C=CCN=C1N=C2SC=CN2C(=O)/C1=C\c1ccccc1. The van der Waals surface area contributed by atoms with Crippen molar-refractivity contribution >= 4 is 34.7 Å². The Morgan fingerprint density at radius 1 is 1.33 bits per heavy atom. The van der Waals surface area contributed by atoms with Gasteiger partial charge in [-0.15, -0.1) is 6.58 Å². The van der Waals surface area contributed by atoms with Gasteiger partial charge in [0.1, 0.15) is 0 Å². The van der Waals surface area contributed by atoms with Crippen LogP contribution in [-0.4, -0.2) is 28.4 Å². The molecule has 21 heavy (non-hydrogen) atoms. The number of rotatable bonds is 3. The molecule has 0 fully saturated rings. The number of thioether (sulfide) groups is 1. The van der Waals surface area contributed by atoms with Crippen LogP contribution in [0.15, 0.2) is 70.2 Å². The average molecular weight is 295 g/mol. The molecule has 0 N–H and O–H groups in total. The number of benzene rings is 1. The summed E-state index contributed by atoms with van der Waals surface area (Å²) in [5.74, 6) is 0.360. The van der Waals surface area contributed by atoms with Gasteiger partial charge in [0.15, 0.2) is 11.0 Å². The predicted octanol–water partition coefficient (Wildman–Crippen LogP) is 3.07. The van der Waals surface area contributed by atoms with Gasteiger partial charge in [-0.05, 0) is 17.0 Å². The Morgan fingerprint density at radius 2 is 2.14 bits per heavy atom. The number of amides is 1. The standard InChI is InChI=1S/C16H13N3OS/c1-2-8-17-14-13(11-12-6-4-3-5-7-12)15(20)19-9-10-21-16(19)18-14/h2-7,9-11H,1,8H2/b13-11-,17-14?. The molecule has 1 aromatic carbocycles. The first-order chi connectivity index (χ1) is 10.3. The van der Waals surface area contributed by atoms with Gasteiger partial charge in [0, 0.05) is 6.20 Å². The fourth-order valence-electron chi connectivity index (χ4n) is 2.00. The molecule has 0 radical (unpaired) electrons. The van der Waals surface area contributed by atoms with Crippen molar-refractivity contribution in [3.8, 4) is 0 Å². The van der Waals surface area contributed by atoms with Crippen LogP contribution in [-0.2, 0) is 4.79 Å². The Hall–Kier alpha value is -2.40. The highest BCUT2D eigenvalue weighted by Crippen LogP contribution is 2.27. The molecule has 0 unspecified atom stereocenters. The molecule has 104 valence electrons. The molecule has 0 aliphatic carbocycles. The van der Waals surface area contributed by atoms with Crippen molar-refractivity contribution in [1.29, 1.82) is 0 Å². The molecule has 0 bridgehead atoms. The highest BCUT2D eigenvalue weighted by Gasteiger charge is 2.32. The zero-order chi connectivity index (χ0) is 14.7. The normalized spacial score (nSPS) is 20.9. The van der Waals surface area contributed by atoms with Crippen LogP contribution in [0.4, 0.5) is 0 Å². The van der Waals surface area contributed by atoms with Crippen molar-refractivity contribution in [3.63, 3.8) is 0 Å². The lowest BCUT2D eigenvalue weighted by atomic mass is 10.1. The minimum atomic E-state index is -0.104. The third kappa shape index (κ3) is 2.73. The minimum absolute atomic E-state index is 0.104. The van der Waals surface area contributed by atoms with Crippen LogP contribution in [0.2, 0.25) is 0 Å². The van der Waals surface area contributed by atoms with E-state index in [1.54, 1.807) is 17.2 Å². The average Bonchev–Trinajstić information content (AvgIpc) is 2.98. The molecule has 2 heterocycles. The monoisotopic (exact) mass is 295 g/mol. The van der Waals surface area contributed by atoms with E-state index in [-0.39, 0.29) is 5.91 Å². The second-order valence-corrected chi connectivity index (χ2v) is 5.27. The number of hydrogen-bond acceptors (Lipinski definition) is 3. The van der Waals surface area contributed by atoms with Gasteiger partial charge in [0.2, 0.25) is 0 Å². The number of nitrogens with zero attached hydrogens (tertiary/aromatic N) is 3. The molecule has 0 spiro atoms. The molecule has 3 rings (SSSR count). The van der Waals surface area contributed by atoms with Crippen molar-refractivity contribution in [2.24, 2.45) is 9.98 Å². The summed E-state index contributed by atoms with van der Waals surface area (Å²) in [6.07, 6.45) is 5.24. The molecule has 5 heteroatoms. The van der Waals surface area contributed by atoms with Gasteiger partial charge in [-0.3, -0.25) is 14.7 Å². The summed E-state index contributed by atoms with van der Waals surface area (Å²) in [6, 6.07) is 9.69. The van der Waals surface area contributed by atoms with Gasteiger partial charge >= 0.3 is 0 Å². The summed E-state index contributed by atoms with van der Waals surface area (Å²) in [4.78, 5) is 22.9. The molecular formula is C16H13N3OS. The Morgan fingerprint density at radius 3 is 2.90 bits per heavy atom. The Balaban J connectivity index is 2.06. The first-order valence-electron chi connectivity index (χ1n) is 6.47. The number of aliphatic imine (C=N–C) groups is 2. The summed E-state index contributed by atoms with van der Waals surface area (Å²) in [5, 5.41) is 2.49. The molecule has 4 nitrogen and oxygen atoms in total. The molecule has 1 amide bonds. The Kier molecular flexibility index (Phi) is 3.83. The van der Waals surface area contributed by atoms with E-state index in [2.05, 4.69) is 16.6 Å². The van der Waals surface area contributed by atoms with E-state index < -0.39 is 0 Å².